The van der Waals surface area contributed by atoms with Crippen molar-refractivity contribution in [2.75, 3.05) is 13.1 Å². The molecule has 5 nitrogen and oxygen atoms in total. The van der Waals surface area contributed by atoms with Crippen molar-refractivity contribution in [2.45, 2.75) is 57.3 Å². The summed E-state index contributed by atoms with van der Waals surface area (Å²) in [4.78, 5) is 28.4. The lowest BCUT2D eigenvalue weighted by Gasteiger charge is -2.44. The van der Waals surface area contributed by atoms with E-state index in [0.29, 0.717) is 30.8 Å². The van der Waals surface area contributed by atoms with Crippen LogP contribution in [0.4, 0.5) is 13.2 Å². The molecule has 2 fully saturated rings. The Hall–Kier alpha value is -2.77. The van der Waals surface area contributed by atoms with Gasteiger partial charge in [-0.05, 0) is 55.0 Å². The predicted octanol–water partition coefficient (Wildman–Crippen LogP) is 4.94. The van der Waals surface area contributed by atoms with Crippen molar-refractivity contribution in [3.63, 3.8) is 0 Å². The maximum Gasteiger partial charge on any atom is 0.573 e. The average molecular weight is 460 g/mol. The topological polar surface area (TPSA) is 51.5 Å². The van der Waals surface area contributed by atoms with Crippen LogP contribution in [0.15, 0.2) is 41.2 Å². The van der Waals surface area contributed by atoms with Crippen LogP contribution in [-0.2, 0) is 11.3 Å². The van der Waals surface area contributed by atoms with Gasteiger partial charge in [0.1, 0.15) is 5.75 Å². The molecule has 2 bridgehead atoms. The van der Waals surface area contributed by atoms with Crippen LogP contribution < -0.4 is 10.3 Å². The van der Waals surface area contributed by atoms with E-state index in [1.54, 1.807) is 10.6 Å². The van der Waals surface area contributed by atoms with Gasteiger partial charge >= 0.3 is 6.36 Å². The third kappa shape index (κ3) is 4.52. The minimum Gasteiger partial charge on any atom is -0.406 e. The van der Waals surface area contributed by atoms with E-state index in [1.165, 1.54) is 30.7 Å². The second-order valence-electron chi connectivity index (χ2n) is 9.54. The molecule has 1 aromatic heterocycles. The summed E-state index contributed by atoms with van der Waals surface area (Å²) in [5, 5.41) is 0. The number of halogens is 3. The lowest BCUT2D eigenvalue weighted by atomic mass is 9.81. The fraction of sp³-hybridized carbons (Fsp3) is 0.520. The SMILES string of the molecule is O=C(C1CCCCC1)N1C[C@@H]2C[C@H](C1)c1ccc(-c3ccc(OC(F)(F)F)cc3)c(=O)n1C2. The average Bonchev–Trinajstić information content (AvgIpc) is 2.79. The summed E-state index contributed by atoms with van der Waals surface area (Å²) in [6.45, 7) is 1.89. The highest BCUT2D eigenvalue weighted by atomic mass is 19.4. The number of carbonyl (C=O) groups excluding carboxylic acids is 1. The first-order valence-corrected chi connectivity index (χ1v) is 11.7. The number of amides is 1. The lowest BCUT2D eigenvalue weighted by Crippen LogP contribution is -2.50. The first-order chi connectivity index (χ1) is 15.8. The van der Waals surface area contributed by atoms with Gasteiger partial charge in [0.25, 0.3) is 5.56 Å². The van der Waals surface area contributed by atoms with Crippen molar-refractivity contribution in [2.24, 2.45) is 11.8 Å². The summed E-state index contributed by atoms with van der Waals surface area (Å²) < 4.78 is 43.0. The summed E-state index contributed by atoms with van der Waals surface area (Å²) in [5.74, 6) is 0.472. The van der Waals surface area contributed by atoms with Crippen molar-refractivity contribution in [3.05, 3.63) is 52.4 Å². The molecule has 2 aliphatic heterocycles. The van der Waals surface area contributed by atoms with Gasteiger partial charge in [-0.25, -0.2) is 0 Å². The Kier molecular flexibility index (Phi) is 5.70. The van der Waals surface area contributed by atoms with Crippen LogP contribution in [-0.4, -0.2) is 34.8 Å². The highest BCUT2D eigenvalue weighted by molar-refractivity contribution is 5.79. The highest BCUT2D eigenvalue weighted by Crippen LogP contribution is 2.37. The number of ether oxygens (including phenoxy) is 1. The number of hydrogen-bond donors (Lipinski definition) is 0. The largest absolute Gasteiger partial charge is 0.573 e. The zero-order valence-electron chi connectivity index (χ0n) is 18.3. The van der Waals surface area contributed by atoms with Crippen molar-refractivity contribution in [3.8, 4) is 16.9 Å². The van der Waals surface area contributed by atoms with Crippen LogP contribution >= 0.6 is 0 Å². The number of fused-ring (bicyclic) bond motifs is 4. The Bertz CT molecular complexity index is 1090. The molecule has 0 radical (unpaired) electrons. The fourth-order valence-corrected chi connectivity index (χ4v) is 5.79. The number of aromatic nitrogens is 1. The van der Waals surface area contributed by atoms with Gasteiger partial charge in [0.05, 0.1) is 0 Å². The number of likely N-dealkylation sites (tertiary alicyclic amines) is 1. The molecular weight excluding hydrogens is 433 g/mol. The van der Waals surface area contributed by atoms with Crippen LogP contribution in [0.25, 0.3) is 11.1 Å². The fourth-order valence-electron chi connectivity index (χ4n) is 5.79. The Balaban J connectivity index is 1.37. The molecule has 0 unspecified atom stereocenters. The van der Waals surface area contributed by atoms with Crippen LogP contribution in [0.5, 0.6) is 5.75 Å². The number of hydrogen-bond acceptors (Lipinski definition) is 3. The number of pyridine rings is 1. The standard InChI is InChI=1S/C25H27F3N2O3/c26-25(27,28)33-20-8-6-17(7-9-20)21-10-11-22-19-12-16(14-30(22)24(21)32)13-29(15-19)23(31)18-4-2-1-3-5-18/h6-11,16,18-19H,1-5,12-15H2/t16-,19+/m0/s1. The Morgan fingerprint density at radius 3 is 2.36 bits per heavy atom. The maximum atomic E-state index is 13.3. The quantitative estimate of drug-likeness (QED) is 0.652. The van der Waals surface area contributed by atoms with Gasteiger partial charge in [0, 0.05) is 42.7 Å². The minimum atomic E-state index is -4.75. The molecule has 2 aromatic rings. The zero-order chi connectivity index (χ0) is 23.2. The second-order valence-corrected chi connectivity index (χ2v) is 9.54. The Morgan fingerprint density at radius 2 is 1.67 bits per heavy atom. The molecule has 3 heterocycles. The summed E-state index contributed by atoms with van der Waals surface area (Å²) in [7, 11) is 0. The molecule has 0 spiro atoms. The van der Waals surface area contributed by atoms with Crippen LogP contribution in [0.2, 0.25) is 0 Å². The highest BCUT2D eigenvalue weighted by Gasteiger charge is 2.38. The molecule has 5 rings (SSSR count). The second kappa shape index (κ2) is 8.54. The van der Waals surface area contributed by atoms with Gasteiger partial charge in [-0.2, -0.15) is 0 Å². The van der Waals surface area contributed by atoms with Gasteiger partial charge in [0.2, 0.25) is 5.91 Å². The van der Waals surface area contributed by atoms with Crippen molar-refractivity contribution in [1.29, 1.82) is 0 Å². The van der Waals surface area contributed by atoms with Gasteiger partial charge in [-0.3, -0.25) is 9.59 Å². The number of piperidine rings is 1. The van der Waals surface area contributed by atoms with Crippen molar-refractivity contribution >= 4 is 5.91 Å². The molecule has 1 amide bonds. The molecule has 1 saturated carbocycles. The first-order valence-electron chi connectivity index (χ1n) is 11.7. The van der Waals surface area contributed by atoms with E-state index in [0.717, 1.165) is 37.8 Å². The van der Waals surface area contributed by atoms with Gasteiger partial charge in [-0.1, -0.05) is 31.4 Å². The number of nitrogens with zero attached hydrogens (tertiary/aromatic N) is 2. The molecular formula is C25H27F3N2O3. The van der Waals surface area contributed by atoms with Gasteiger partial charge in [0.15, 0.2) is 0 Å². The number of alkyl halides is 3. The monoisotopic (exact) mass is 460 g/mol. The van der Waals surface area contributed by atoms with E-state index >= 15 is 0 Å². The Morgan fingerprint density at radius 1 is 0.939 bits per heavy atom. The van der Waals surface area contributed by atoms with Gasteiger partial charge in [-0.15, -0.1) is 13.2 Å². The van der Waals surface area contributed by atoms with Crippen LogP contribution in [0.1, 0.15) is 50.1 Å². The molecule has 33 heavy (non-hydrogen) atoms. The van der Waals surface area contributed by atoms with E-state index < -0.39 is 6.36 Å². The van der Waals surface area contributed by atoms with Crippen molar-refractivity contribution < 1.29 is 22.7 Å². The normalized spacial score (nSPS) is 23.2. The molecule has 1 saturated heterocycles. The van der Waals surface area contributed by atoms with E-state index in [4.69, 9.17) is 0 Å². The Labute approximate surface area is 190 Å². The predicted molar refractivity (Wildman–Crippen MR) is 117 cm³/mol. The maximum absolute atomic E-state index is 13.3. The zero-order valence-corrected chi connectivity index (χ0v) is 18.3. The first kappa shape index (κ1) is 22.0. The summed E-state index contributed by atoms with van der Waals surface area (Å²) >= 11 is 0. The molecule has 8 heteroatoms. The van der Waals surface area contributed by atoms with E-state index in [-0.39, 0.29) is 35.0 Å². The third-order valence-corrected chi connectivity index (χ3v) is 7.27. The smallest absolute Gasteiger partial charge is 0.406 e. The van der Waals surface area contributed by atoms with E-state index in [2.05, 4.69) is 4.74 Å². The molecule has 3 aliphatic rings. The molecule has 2 atom stereocenters. The molecule has 176 valence electrons. The minimum absolute atomic E-state index is 0.134. The van der Waals surface area contributed by atoms with E-state index in [1.807, 2.05) is 11.0 Å². The number of benzene rings is 1. The molecule has 1 aromatic carbocycles. The molecule has 0 N–H and O–H groups in total. The third-order valence-electron chi connectivity index (χ3n) is 7.27. The summed E-state index contributed by atoms with van der Waals surface area (Å²) in [6.07, 6.45) is 1.65. The van der Waals surface area contributed by atoms with Gasteiger partial charge < -0.3 is 14.2 Å². The van der Waals surface area contributed by atoms with E-state index in [9.17, 15) is 22.8 Å². The summed E-state index contributed by atoms with van der Waals surface area (Å²) in [5.41, 5.74) is 1.80. The van der Waals surface area contributed by atoms with Crippen LogP contribution in [0.3, 0.4) is 0 Å². The number of carbonyl (C=O) groups is 1. The molecule has 1 aliphatic carbocycles. The van der Waals surface area contributed by atoms with Crippen LogP contribution in [0, 0.1) is 11.8 Å². The van der Waals surface area contributed by atoms with Crippen molar-refractivity contribution in [1.82, 2.24) is 9.47 Å². The lowest BCUT2D eigenvalue weighted by molar-refractivity contribution is -0.274. The number of rotatable bonds is 3. The summed E-state index contributed by atoms with van der Waals surface area (Å²) in [6, 6.07) is 9.06.